The number of amides is 2. The molecule has 162 valence electrons. The molecule has 1 aromatic rings. The van der Waals surface area contributed by atoms with Crippen LogP contribution in [0.4, 0.5) is 9.59 Å². The molecule has 1 aromatic carbocycles. The van der Waals surface area contributed by atoms with E-state index >= 15 is 0 Å². The highest BCUT2D eigenvalue weighted by atomic mass is 16.5. The smallest absolute Gasteiger partial charge is 0.407 e. The van der Waals surface area contributed by atoms with Gasteiger partial charge in [0.1, 0.15) is 6.61 Å². The molecule has 1 aliphatic carbocycles. The third kappa shape index (κ3) is 10.7. The SMILES string of the molecule is O=C(O)NCCCN(CCCNC(=O)OCc1ccccc1)CC1CCCCC1. The lowest BCUT2D eigenvalue weighted by molar-refractivity contribution is 0.138. The minimum absolute atomic E-state index is 0.275. The van der Waals surface area contributed by atoms with Crippen molar-refractivity contribution < 1.29 is 19.4 Å². The number of carboxylic acid groups (broad SMARTS) is 1. The number of benzene rings is 1. The van der Waals surface area contributed by atoms with Crippen LogP contribution in [0.25, 0.3) is 0 Å². The van der Waals surface area contributed by atoms with Crippen LogP contribution in [0.5, 0.6) is 0 Å². The largest absolute Gasteiger partial charge is 0.465 e. The van der Waals surface area contributed by atoms with Crippen molar-refractivity contribution in [2.45, 2.75) is 51.6 Å². The van der Waals surface area contributed by atoms with Crippen LogP contribution in [-0.2, 0) is 11.3 Å². The van der Waals surface area contributed by atoms with Crippen molar-refractivity contribution in [2.24, 2.45) is 5.92 Å². The van der Waals surface area contributed by atoms with Crippen LogP contribution in [0.15, 0.2) is 30.3 Å². The van der Waals surface area contributed by atoms with E-state index in [2.05, 4.69) is 15.5 Å². The minimum Gasteiger partial charge on any atom is -0.465 e. The lowest BCUT2D eigenvalue weighted by Crippen LogP contribution is -2.36. The van der Waals surface area contributed by atoms with E-state index in [0.717, 1.165) is 44.0 Å². The topological polar surface area (TPSA) is 90.9 Å². The van der Waals surface area contributed by atoms with E-state index in [4.69, 9.17) is 9.84 Å². The normalized spacial score (nSPS) is 14.5. The van der Waals surface area contributed by atoms with E-state index < -0.39 is 12.2 Å². The molecule has 1 saturated carbocycles. The van der Waals surface area contributed by atoms with Crippen LogP contribution < -0.4 is 10.6 Å². The zero-order valence-electron chi connectivity index (χ0n) is 17.3. The van der Waals surface area contributed by atoms with Gasteiger partial charge in [-0.1, -0.05) is 49.6 Å². The Morgan fingerprint density at radius 3 is 2.31 bits per heavy atom. The van der Waals surface area contributed by atoms with Gasteiger partial charge in [0.15, 0.2) is 0 Å². The number of nitrogens with zero attached hydrogens (tertiary/aromatic N) is 1. The van der Waals surface area contributed by atoms with Gasteiger partial charge in [-0.15, -0.1) is 0 Å². The highest BCUT2D eigenvalue weighted by molar-refractivity contribution is 5.67. The molecule has 0 saturated heterocycles. The number of ether oxygens (including phenoxy) is 1. The number of carbonyl (C=O) groups is 2. The van der Waals surface area contributed by atoms with Gasteiger partial charge in [-0.25, -0.2) is 9.59 Å². The molecule has 3 N–H and O–H groups in total. The van der Waals surface area contributed by atoms with Gasteiger partial charge in [0, 0.05) is 19.6 Å². The highest BCUT2D eigenvalue weighted by Crippen LogP contribution is 2.24. The van der Waals surface area contributed by atoms with E-state index in [9.17, 15) is 9.59 Å². The number of carbonyl (C=O) groups excluding carboxylic acids is 1. The monoisotopic (exact) mass is 405 g/mol. The van der Waals surface area contributed by atoms with Crippen molar-refractivity contribution in [3.63, 3.8) is 0 Å². The summed E-state index contributed by atoms with van der Waals surface area (Å²) in [5.41, 5.74) is 0.969. The summed E-state index contributed by atoms with van der Waals surface area (Å²) in [5, 5.41) is 14.0. The van der Waals surface area contributed by atoms with E-state index in [1.165, 1.54) is 32.1 Å². The fraction of sp³-hybridized carbons (Fsp3) is 0.636. The fourth-order valence-electron chi connectivity index (χ4n) is 3.79. The summed E-state index contributed by atoms with van der Waals surface area (Å²) in [6.45, 7) is 4.14. The molecule has 7 nitrogen and oxygen atoms in total. The molecular weight excluding hydrogens is 370 g/mol. The molecule has 0 radical (unpaired) electrons. The molecule has 0 atom stereocenters. The number of rotatable bonds is 12. The summed E-state index contributed by atoms with van der Waals surface area (Å²) in [7, 11) is 0. The molecule has 1 aliphatic rings. The Morgan fingerprint density at radius 1 is 1.00 bits per heavy atom. The lowest BCUT2D eigenvalue weighted by Gasteiger charge is -2.29. The first-order valence-corrected chi connectivity index (χ1v) is 10.8. The Hall–Kier alpha value is -2.28. The van der Waals surface area contributed by atoms with Crippen LogP contribution in [0, 0.1) is 5.92 Å². The summed E-state index contributed by atoms with van der Waals surface area (Å²) in [6, 6.07) is 9.62. The summed E-state index contributed by atoms with van der Waals surface area (Å²) >= 11 is 0. The van der Waals surface area contributed by atoms with Crippen molar-refractivity contribution in [3.05, 3.63) is 35.9 Å². The average molecular weight is 406 g/mol. The number of alkyl carbamates (subject to hydrolysis) is 1. The van der Waals surface area contributed by atoms with Crippen LogP contribution in [0.1, 0.15) is 50.5 Å². The van der Waals surface area contributed by atoms with Crippen LogP contribution in [0.2, 0.25) is 0 Å². The summed E-state index contributed by atoms with van der Waals surface area (Å²) < 4.78 is 5.23. The molecule has 0 aliphatic heterocycles. The van der Waals surface area contributed by atoms with Gasteiger partial charge in [-0.2, -0.15) is 0 Å². The fourth-order valence-corrected chi connectivity index (χ4v) is 3.79. The Kier molecular flexibility index (Phi) is 11.0. The minimum atomic E-state index is -0.970. The van der Waals surface area contributed by atoms with Crippen molar-refractivity contribution in [3.8, 4) is 0 Å². The maximum absolute atomic E-state index is 11.8. The molecule has 0 unspecified atom stereocenters. The predicted octanol–water partition coefficient (Wildman–Crippen LogP) is 3.84. The number of hydrogen-bond donors (Lipinski definition) is 3. The van der Waals surface area contributed by atoms with Gasteiger partial charge in [0.25, 0.3) is 0 Å². The predicted molar refractivity (Wildman–Crippen MR) is 113 cm³/mol. The third-order valence-corrected chi connectivity index (χ3v) is 5.30. The number of hydrogen-bond acceptors (Lipinski definition) is 4. The second-order valence-electron chi connectivity index (χ2n) is 7.73. The second-order valence-corrected chi connectivity index (χ2v) is 7.73. The molecular formula is C22H35N3O4. The van der Waals surface area contributed by atoms with Gasteiger partial charge in [0.2, 0.25) is 0 Å². The molecule has 2 rings (SSSR count). The maximum atomic E-state index is 11.8. The van der Waals surface area contributed by atoms with Gasteiger partial charge in [-0.3, -0.25) is 0 Å². The Morgan fingerprint density at radius 2 is 1.66 bits per heavy atom. The molecule has 1 fully saturated rings. The highest BCUT2D eigenvalue weighted by Gasteiger charge is 2.17. The molecule has 0 heterocycles. The second kappa shape index (κ2) is 13.8. The standard InChI is InChI=1S/C22H35N3O4/c26-21(27)23-13-7-15-25(17-19-9-3-1-4-10-19)16-8-14-24-22(28)29-18-20-11-5-2-6-12-20/h2,5-6,11-12,19,23H,1,3-4,7-10,13-18H2,(H,24,28)(H,26,27). The summed E-state index contributed by atoms with van der Waals surface area (Å²) in [6.07, 6.45) is 6.82. The summed E-state index contributed by atoms with van der Waals surface area (Å²) in [4.78, 5) is 24.9. The van der Waals surface area contributed by atoms with Crippen LogP contribution in [-0.4, -0.2) is 54.9 Å². The van der Waals surface area contributed by atoms with E-state index in [0.29, 0.717) is 13.1 Å². The number of nitrogens with one attached hydrogen (secondary N) is 2. The first-order valence-electron chi connectivity index (χ1n) is 10.8. The Balaban J connectivity index is 1.64. The molecule has 0 aromatic heterocycles. The third-order valence-electron chi connectivity index (χ3n) is 5.30. The summed E-state index contributed by atoms with van der Waals surface area (Å²) in [5.74, 6) is 0.736. The first kappa shape index (κ1) is 23.0. The van der Waals surface area contributed by atoms with E-state index in [1.54, 1.807) is 0 Å². The van der Waals surface area contributed by atoms with E-state index in [-0.39, 0.29) is 6.61 Å². The van der Waals surface area contributed by atoms with Crippen LogP contribution >= 0.6 is 0 Å². The zero-order valence-corrected chi connectivity index (χ0v) is 17.3. The van der Waals surface area contributed by atoms with Gasteiger partial charge in [0.05, 0.1) is 0 Å². The first-order chi connectivity index (χ1) is 14.1. The molecule has 7 heteroatoms. The quantitative estimate of drug-likeness (QED) is 0.460. The molecule has 2 amide bonds. The zero-order chi connectivity index (χ0) is 20.7. The molecule has 29 heavy (non-hydrogen) atoms. The van der Waals surface area contributed by atoms with Crippen molar-refractivity contribution >= 4 is 12.2 Å². The molecule has 0 spiro atoms. The maximum Gasteiger partial charge on any atom is 0.407 e. The molecule has 0 bridgehead atoms. The van der Waals surface area contributed by atoms with Crippen molar-refractivity contribution in [2.75, 3.05) is 32.7 Å². The van der Waals surface area contributed by atoms with Gasteiger partial charge >= 0.3 is 12.2 Å². The van der Waals surface area contributed by atoms with Crippen LogP contribution in [0.3, 0.4) is 0 Å². The Labute approximate surface area is 173 Å². The lowest BCUT2D eigenvalue weighted by atomic mass is 9.89. The van der Waals surface area contributed by atoms with Crippen molar-refractivity contribution in [1.29, 1.82) is 0 Å². The average Bonchev–Trinajstić information content (AvgIpc) is 2.74. The van der Waals surface area contributed by atoms with Crippen molar-refractivity contribution in [1.82, 2.24) is 15.5 Å². The van der Waals surface area contributed by atoms with Gasteiger partial charge < -0.3 is 25.4 Å². The van der Waals surface area contributed by atoms with Gasteiger partial charge in [-0.05, 0) is 50.3 Å². The van der Waals surface area contributed by atoms with E-state index in [1.807, 2.05) is 30.3 Å². The Bertz CT molecular complexity index is 591.